The van der Waals surface area contributed by atoms with Crippen LogP contribution in [0.25, 0.3) is 0 Å². The molecule has 0 saturated heterocycles. The molecule has 0 rings (SSSR count). The van der Waals surface area contributed by atoms with Crippen LogP contribution in [-0.4, -0.2) is 35.9 Å². The van der Waals surface area contributed by atoms with Gasteiger partial charge in [-0.15, -0.1) is 0 Å². The molecule has 0 unspecified atom stereocenters. The largest absolute Gasteiger partial charge is 3.00 e. The Morgan fingerprint density at radius 2 is 0.400 bits per heavy atom. The first-order chi connectivity index (χ1) is 0. The SMILES string of the molecule is [As-3].[As-3].[Pd+2].[Pd+2].[Pd+2]. The van der Waals surface area contributed by atoms with Gasteiger partial charge in [-0.05, 0) is 0 Å². The van der Waals surface area contributed by atoms with Gasteiger partial charge in [0.05, 0.1) is 0 Å². The van der Waals surface area contributed by atoms with E-state index < -0.39 is 0 Å². The Balaban J connectivity index is 0. The second kappa shape index (κ2) is 27.5. The van der Waals surface area contributed by atoms with E-state index in [0.717, 1.165) is 0 Å². The first kappa shape index (κ1) is 42.4. The fourth-order valence-electron chi connectivity index (χ4n) is 0. The third-order valence-electron chi connectivity index (χ3n) is 0. The van der Waals surface area contributed by atoms with E-state index in [-0.39, 0.29) is 97.2 Å². The Morgan fingerprint density at radius 3 is 0.400 bits per heavy atom. The minimum absolute atomic E-state index is 0. The topological polar surface area (TPSA) is 0 Å². The molecule has 0 amide bonds. The molecule has 0 atom stereocenters. The summed E-state index contributed by atoms with van der Waals surface area (Å²) in [7, 11) is 0. The summed E-state index contributed by atoms with van der Waals surface area (Å²) < 4.78 is 0. The summed E-state index contributed by atoms with van der Waals surface area (Å²) >= 11 is 0. The third kappa shape index (κ3) is 19.2. The molecule has 0 nitrogen and oxygen atoms in total. The van der Waals surface area contributed by atoms with Crippen LogP contribution in [0, 0.1) is 0 Å². The van der Waals surface area contributed by atoms with Gasteiger partial charge < -0.3 is 35.9 Å². The predicted octanol–water partition coefficient (Wildman–Crippen LogP) is -0.769. The summed E-state index contributed by atoms with van der Waals surface area (Å²) in [5, 5.41) is 0. The Morgan fingerprint density at radius 1 is 0.400 bits per heavy atom. The second-order valence-electron chi connectivity index (χ2n) is 0. The van der Waals surface area contributed by atoms with Crippen LogP contribution in [0.5, 0.6) is 0 Å². The fraction of sp³-hybridized carbons (Fsp3) is 0. The summed E-state index contributed by atoms with van der Waals surface area (Å²) in [6, 6.07) is 0. The minimum atomic E-state index is 0. The average Bonchev–Trinajstić information content (AvgIpc) is 0. The first-order valence-electron chi connectivity index (χ1n) is 0. The zero-order valence-electron chi connectivity index (χ0n) is 1.84. The Bertz CT molecular complexity index is 4.85. The average molecular weight is 469 g/mol. The van der Waals surface area contributed by atoms with Crippen LogP contribution in [-0.2, 0) is 61.3 Å². The van der Waals surface area contributed by atoms with Crippen molar-refractivity contribution in [3.05, 3.63) is 0 Å². The zero-order valence-corrected chi connectivity index (χ0v) is 10.3. The van der Waals surface area contributed by atoms with Crippen LogP contribution in [0.2, 0.25) is 0 Å². The Kier molecular flexibility index (Phi) is 233. The fourth-order valence-corrected chi connectivity index (χ4v) is 0. The maximum absolute atomic E-state index is 0. The summed E-state index contributed by atoms with van der Waals surface area (Å²) in [4.78, 5) is 0. The van der Waals surface area contributed by atoms with E-state index in [1.165, 1.54) is 0 Å². The molecule has 0 radical (unpaired) electrons. The van der Waals surface area contributed by atoms with Crippen LogP contribution < -0.4 is 0 Å². The van der Waals surface area contributed by atoms with Crippen LogP contribution in [0.3, 0.4) is 0 Å². The Hall–Kier alpha value is 3.10. The van der Waals surface area contributed by atoms with Gasteiger partial charge in [0.15, 0.2) is 0 Å². The molecule has 0 fully saturated rings. The number of hydrogen-bond acceptors (Lipinski definition) is 0. The van der Waals surface area contributed by atoms with Crippen LogP contribution >= 0.6 is 0 Å². The van der Waals surface area contributed by atoms with E-state index in [0.29, 0.717) is 0 Å². The van der Waals surface area contributed by atoms with Gasteiger partial charge in [-0.25, -0.2) is 0 Å². The van der Waals surface area contributed by atoms with Crippen molar-refractivity contribution in [2.24, 2.45) is 0 Å². The summed E-state index contributed by atoms with van der Waals surface area (Å²) in [6.07, 6.45) is 0. The molecule has 0 saturated carbocycles. The molecular weight excluding hydrogens is 469 g/mol. The van der Waals surface area contributed by atoms with Crippen molar-refractivity contribution in [3.63, 3.8) is 0 Å². The summed E-state index contributed by atoms with van der Waals surface area (Å²) in [6.45, 7) is 0. The van der Waals surface area contributed by atoms with Gasteiger partial charge in [-0.3, -0.25) is 0 Å². The van der Waals surface area contributed by atoms with Crippen molar-refractivity contribution >= 4 is 35.9 Å². The molecule has 0 aromatic heterocycles. The van der Waals surface area contributed by atoms with Gasteiger partial charge in [0.2, 0.25) is 0 Å². The molecule has 0 aromatic rings. The van der Waals surface area contributed by atoms with Crippen LogP contribution in [0.15, 0.2) is 0 Å². The maximum Gasteiger partial charge on any atom is 2.00 e. The van der Waals surface area contributed by atoms with E-state index in [9.17, 15) is 0 Å². The number of hydrogen-bond donors (Lipinski definition) is 0. The molecule has 0 aromatic carbocycles. The van der Waals surface area contributed by atoms with Crippen LogP contribution in [0.1, 0.15) is 0 Å². The van der Waals surface area contributed by atoms with E-state index in [2.05, 4.69) is 0 Å². The maximum atomic E-state index is 0. The summed E-state index contributed by atoms with van der Waals surface area (Å²) in [5.41, 5.74) is 0. The smallest absolute Gasteiger partial charge is 2.00 e. The van der Waals surface area contributed by atoms with E-state index in [1.54, 1.807) is 0 Å². The van der Waals surface area contributed by atoms with E-state index >= 15 is 0 Å². The van der Waals surface area contributed by atoms with E-state index in [1.807, 2.05) is 0 Å². The molecule has 5 heteroatoms. The molecule has 0 aliphatic rings. The predicted molar refractivity (Wildman–Crippen MR) is 11.5 cm³/mol. The minimum Gasteiger partial charge on any atom is -3.00 e. The Labute approximate surface area is 95.6 Å². The zero-order chi connectivity index (χ0) is 0. The van der Waals surface area contributed by atoms with Crippen LogP contribution in [0.4, 0.5) is 0 Å². The molecule has 0 aliphatic carbocycles. The van der Waals surface area contributed by atoms with Gasteiger partial charge in [-0.2, -0.15) is 0 Å². The van der Waals surface area contributed by atoms with Gasteiger partial charge in [-0.1, -0.05) is 0 Å². The molecule has 0 heterocycles. The molecule has 0 N–H and O–H groups in total. The van der Waals surface area contributed by atoms with Gasteiger partial charge >= 0.3 is 61.3 Å². The molecule has 40 valence electrons. The van der Waals surface area contributed by atoms with Crippen molar-refractivity contribution in [2.75, 3.05) is 0 Å². The standard InChI is InChI=1S/2As.3Pd/q2*-3;3*+2. The van der Waals surface area contributed by atoms with E-state index in [4.69, 9.17) is 0 Å². The molecule has 0 spiro atoms. The van der Waals surface area contributed by atoms with Crippen molar-refractivity contribution in [1.29, 1.82) is 0 Å². The molecule has 0 bridgehead atoms. The monoisotopic (exact) mass is 468 g/mol. The van der Waals surface area contributed by atoms with Gasteiger partial charge in [0, 0.05) is 0 Å². The summed E-state index contributed by atoms with van der Waals surface area (Å²) in [5.74, 6) is 0. The normalized spacial score (nSPS) is 0. The van der Waals surface area contributed by atoms with Crippen molar-refractivity contribution < 1.29 is 61.3 Å². The van der Waals surface area contributed by atoms with Crippen molar-refractivity contribution in [3.8, 4) is 0 Å². The second-order valence-corrected chi connectivity index (χ2v) is 0. The van der Waals surface area contributed by atoms with Gasteiger partial charge in [0.1, 0.15) is 0 Å². The molecule has 0 aliphatic heterocycles. The van der Waals surface area contributed by atoms with Crippen molar-refractivity contribution in [2.45, 2.75) is 0 Å². The van der Waals surface area contributed by atoms with Crippen molar-refractivity contribution in [1.82, 2.24) is 0 Å². The number of rotatable bonds is 0. The molecule has 5 heavy (non-hydrogen) atoms. The molecular formula is As2Pd3. The van der Waals surface area contributed by atoms with Gasteiger partial charge in [0.25, 0.3) is 0 Å². The first-order valence-corrected chi connectivity index (χ1v) is 0. The quantitative estimate of drug-likeness (QED) is 0.410. The third-order valence-corrected chi connectivity index (χ3v) is 0.